The zero-order valence-electron chi connectivity index (χ0n) is 15.9. The van der Waals surface area contributed by atoms with E-state index < -0.39 is 5.54 Å². The Bertz CT molecular complexity index is 1080. The van der Waals surface area contributed by atoms with Gasteiger partial charge in [-0.25, -0.2) is 0 Å². The second-order valence-electron chi connectivity index (χ2n) is 7.63. The Kier molecular flexibility index (Phi) is 3.37. The van der Waals surface area contributed by atoms with Crippen LogP contribution in [0.1, 0.15) is 33.6 Å². The molecule has 4 heteroatoms. The number of anilines is 1. The molecule has 0 saturated heterocycles. The van der Waals surface area contributed by atoms with Gasteiger partial charge in [0.05, 0.1) is 0 Å². The van der Waals surface area contributed by atoms with Gasteiger partial charge in [0.1, 0.15) is 0 Å². The Labute approximate surface area is 159 Å². The lowest BCUT2D eigenvalue weighted by Crippen LogP contribution is -2.53. The zero-order chi connectivity index (χ0) is 18.8. The minimum Gasteiger partial charge on any atom is -0.324 e. The van der Waals surface area contributed by atoms with Crippen molar-refractivity contribution in [2.45, 2.75) is 32.7 Å². The lowest BCUT2D eigenvalue weighted by atomic mass is 9.78. The molecule has 0 saturated carbocycles. The van der Waals surface area contributed by atoms with Crippen LogP contribution in [0.2, 0.25) is 0 Å². The number of hydrogen-bond donors (Lipinski definition) is 2. The van der Waals surface area contributed by atoms with Crippen molar-refractivity contribution in [3.63, 3.8) is 0 Å². The van der Waals surface area contributed by atoms with Crippen LogP contribution in [0.5, 0.6) is 0 Å². The molecule has 0 aliphatic carbocycles. The molecule has 1 amide bonds. The maximum atomic E-state index is 13.3. The van der Waals surface area contributed by atoms with E-state index in [2.05, 4.69) is 72.4 Å². The van der Waals surface area contributed by atoms with Gasteiger partial charge in [0.2, 0.25) is 0 Å². The van der Waals surface area contributed by atoms with Crippen molar-refractivity contribution in [3.8, 4) is 5.69 Å². The number of nitrogens with zero attached hydrogens (tertiary/aromatic N) is 1. The van der Waals surface area contributed by atoms with Crippen molar-refractivity contribution in [2.75, 3.05) is 11.9 Å². The Morgan fingerprint density at radius 2 is 1.78 bits per heavy atom. The number of hydrogen-bond acceptors (Lipinski definition) is 2. The first-order valence-corrected chi connectivity index (χ1v) is 9.48. The van der Waals surface area contributed by atoms with Crippen molar-refractivity contribution < 1.29 is 4.79 Å². The number of para-hydroxylation sites is 1. The molecule has 1 atom stereocenters. The summed E-state index contributed by atoms with van der Waals surface area (Å²) in [6, 6.07) is 16.6. The molecule has 5 rings (SSSR count). The van der Waals surface area contributed by atoms with E-state index >= 15 is 0 Å². The molecule has 4 nitrogen and oxygen atoms in total. The summed E-state index contributed by atoms with van der Waals surface area (Å²) in [5.74, 6) is 0.0253. The summed E-state index contributed by atoms with van der Waals surface area (Å²) < 4.78 is 2.29. The van der Waals surface area contributed by atoms with Crippen LogP contribution in [0.3, 0.4) is 0 Å². The highest BCUT2D eigenvalue weighted by atomic mass is 16.2. The zero-order valence-corrected chi connectivity index (χ0v) is 15.9. The third kappa shape index (κ3) is 2.05. The highest BCUT2D eigenvalue weighted by Crippen LogP contribution is 2.47. The number of fused-ring (bicyclic) bond motifs is 4. The van der Waals surface area contributed by atoms with Gasteiger partial charge in [-0.3, -0.25) is 10.1 Å². The van der Waals surface area contributed by atoms with Crippen molar-refractivity contribution in [2.24, 2.45) is 0 Å². The molecule has 0 bridgehead atoms. The van der Waals surface area contributed by atoms with Gasteiger partial charge in [0, 0.05) is 40.4 Å². The van der Waals surface area contributed by atoms with E-state index in [4.69, 9.17) is 0 Å². The SMILES string of the molecule is Cc1ccc2c(c1)[C@@]1(NCCc3c1c(C)n(-c1ccccc1)c3C)C(=O)N2. The number of carbonyl (C=O) groups excluding carboxylic acids is 1. The van der Waals surface area contributed by atoms with Crippen LogP contribution in [0.15, 0.2) is 48.5 Å². The molecule has 1 spiro atoms. The number of amides is 1. The first-order chi connectivity index (χ1) is 13.0. The predicted octanol–water partition coefficient (Wildman–Crippen LogP) is 3.74. The van der Waals surface area contributed by atoms with Crippen LogP contribution >= 0.6 is 0 Å². The van der Waals surface area contributed by atoms with Crippen LogP contribution in [0.4, 0.5) is 5.69 Å². The quantitative estimate of drug-likeness (QED) is 0.697. The van der Waals surface area contributed by atoms with Gasteiger partial charge < -0.3 is 9.88 Å². The molecular formula is C23H23N3O. The molecule has 3 aromatic rings. The van der Waals surface area contributed by atoms with Crippen LogP contribution in [-0.2, 0) is 16.8 Å². The standard InChI is InChI=1S/C23H23N3O/c1-14-9-10-20-19(13-14)23(22(27)25-20)21-16(3)26(17-7-5-4-6-8-17)15(2)18(21)11-12-24-23/h4-10,13,24H,11-12H2,1-3H3,(H,25,27)/t23-/m0/s1. The summed E-state index contributed by atoms with van der Waals surface area (Å²) in [5, 5.41) is 6.70. The number of aromatic nitrogens is 1. The summed E-state index contributed by atoms with van der Waals surface area (Å²) >= 11 is 0. The van der Waals surface area contributed by atoms with Crippen molar-refractivity contribution in [3.05, 3.63) is 82.2 Å². The van der Waals surface area contributed by atoms with Crippen molar-refractivity contribution in [1.82, 2.24) is 9.88 Å². The third-order valence-electron chi connectivity index (χ3n) is 6.09. The molecule has 2 N–H and O–H groups in total. The second-order valence-corrected chi connectivity index (χ2v) is 7.63. The van der Waals surface area contributed by atoms with Crippen LogP contribution < -0.4 is 10.6 Å². The highest BCUT2D eigenvalue weighted by molar-refractivity contribution is 6.09. The van der Waals surface area contributed by atoms with Gasteiger partial charge in [-0.15, -0.1) is 0 Å². The van der Waals surface area contributed by atoms with Crippen LogP contribution in [0, 0.1) is 20.8 Å². The normalized spacial score (nSPS) is 20.5. The maximum Gasteiger partial charge on any atom is 0.254 e. The summed E-state index contributed by atoms with van der Waals surface area (Å²) in [6.07, 6.45) is 0.929. The van der Waals surface area contributed by atoms with Gasteiger partial charge in [0.15, 0.2) is 5.54 Å². The molecule has 0 radical (unpaired) electrons. The average Bonchev–Trinajstić information content (AvgIpc) is 3.09. The van der Waals surface area contributed by atoms with E-state index in [0.29, 0.717) is 0 Å². The van der Waals surface area contributed by atoms with Crippen molar-refractivity contribution >= 4 is 11.6 Å². The fourth-order valence-corrected chi connectivity index (χ4v) is 4.97. The smallest absolute Gasteiger partial charge is 0.254 e. The van der Waals surface area contributed by atoms with Gasteiger partial charge >= 0.3 is 0 Å². The topological polar surface area (TPSA) is 46.1 Å². The molecule has 27 heavy (non-hydrogen) atoms. The maximum absolute atomic E-state index is 13.3. The Morgan fingerprint density at radius 3 is 2.56 bits per heavy atom. The molecule has 136 valence electrons. The summed E-state index contributed by atoms with van der Waals surface area (Å²) in [7, 11) is 0. The fourth-order valence-electron chi connectivity index (χ4n) is 4.97. The first-order valence-electron chi connectivity index (χ1n) is 9.48. The Morgan fingerprint density at radius 1 is 1.00 bits per heavy atom. The van der Waals surface area contributed by atoms with Gasteiger partial charge in [0.25, 0.3) is 5.91 Å². The fraction of sp³-hybridized carbons (Fsp3) is 0.261. The third-order valence-corrected chi connectivity index (χ3v) is 6.09. The first kappa shape index (κ1) is 16.3. The largest absolute Gasteiger partial charge is 0.324 e. The summed E-state index contributed by atoms with van der Waals surface area (Å²) in [5.41, 5.74) is 8.22. The highest BCUT2D eigenvalue weighted by Gasteiger charge is 2.52. The van der Waals surface area contributed by atoms with Crippen LogP contribution in [-0.4, -0.2) is 17.0 Å². The van der Waals surface area contributed by atoms with Gasteiger partial charge in [-0.2, -0.15) is 0 Å². The van der Waals surface area contributed by atoms with Crippen LogP contribution in [0.25, 0.3) is 5.69 Å². The van der Waals surface area contributed by atoms with Gasteiger partial charge in [-0.1, -0.05) is 35.9 Å². The number of carbonyl (C=O) groups is 1. The molecular weight excluding hydrogens is 334 g/mol. The molecule has 0 unspecified atom stereocenters. The van der Waals surface area contributed by atoms with E-state index in [9.17, 15) is 4.79 Å². The van der Waals surface area contributed by atoms with E-state index in [1.807, 2.05) is 12.1 Å². The predicted molar refractivity (Wildman–Crippen MR) is 108 cm³/mol. The van der Waals surface area contributed by atoms with E-state index in [1.165, 1.54) is 11.3 Å². The number of aryl methyl sites for hydroxylation is 1. The monoisotopic (exact) mass is 357 g/mol. The Balaban J connectivity index is 1.83. The molecule has 2 aliphatic rings. The molecule has 1 aromatic heterocycles. The molecule has 2 aliphatic heterocycles. The van der Waals surface area contributed by atoms with E-state index in [-0.39, 0.29) is 5.91 Å². The minimum absolute atomic E-state index is 0.0253. The minimum atomic E-state index is -0.802. The number of benzene rings is 2. The lowest BCUT2D eigenvalue weighted by Gasteiger charge is -2.34. The van der Waals surface area contributed by atoms with E-state index in [1.54, 1.807) is 0 Å². The second kappa shape index (κ2) is 5.57. The van der Waals surface area contributed by atoms with Crippen molar-refractivity contribution in [1.29, 1.82) is 0 Å². The molecule has 2 aromatic carbocycles. The molecule has 3 heterocycles. The van der Waals surface area contributed by atoms with Gasteiger partial charge in [-0.05, 0) is 51.0 Å². The van der Waals surface area contributed by atoms with E-state index in [0.717, 1.165) is 46.7 Å². The molecule has 0 fully saturated rings. The Hall–Kier alpha value is -2.85. The summed E-state index contributed by atoms with van der Waals surface area (Å²) in [4.78, 5) is 13.3. The number of rotatable bonds is 1. The number of nitrogens with one attached hydrogen (secondary N) is 2. The summed E-state index contributed by atoms with van der Waals surface area (Å²) in [6.45, 7) is 7.16. The average molecular weight is 357 g/mol. The lowest BCUT2D eigenvalue weighted by molar-refractivity contribution is -0.120.